The molecule has 88 valence electrons. The van der Waals surface area contributed by atoms with Crippen LogP contribution in [0.5, 0.6) is 0 Å². The highest BCUT2D eigenvalue weighted by atomic mass is 16.1. The minimum atomic E-state index is 0.203. The number of rotatable bonds is 2. The van der Waals surface area contributed by atoms with E-state index in [1.807, 2.05) is 32.9 Å². The first-order valence-corrected chi connectivity index (χ1v) is 5.77. The van der Waals surface area contributed by atoms with Gasteiger partial charge in [-0.2, -0.15) is 0 Å². The monoisotopic (exact) mass is 228 g/mol. The molecule has 0 aliphatic rings. The minimum Gasteiger partial charge on any atom is -0.296 e. The third-order valence-electron chi connectivity index (χ3n) is 2.99. The number of carbonyl (C=O) groups excluding carboxylic acids is 1. The van der Waals surface area contributed by atoms with Gasteiger partial charge in [-0.3, -0.25) is 4.79 Å². The Balaban J connectivity index is 2.78. The molecule has 0 radical (unpaired) electrons. The molecule has 3 heteroatoms. The molecule has 0 unspecified atom stereocenters. The van der Waals surface area contributed by atoms with Crippen LogP contribution in [0.1, 0.15) is 47.1 Å². The maximum absolute atomic E-state index is 11.0. The van der Waals surface area contributed by atoms with Crippen LogP contribution in [0.4, 0.5) is 0 Å². The highest BCUT2D eigenvalue weighted by molar-refractivity contribution is 5.82. The molecule has 17 heavy (non-hydrogen) atoms. The molecular formula is C14H16N2O. The van der Waals surface area contributed by atoms with Crippen molar-refractivity contribution in [1.82, 2.24) is 9.97 Å². The Morgan fingerprint density at radius 3 is 2.06 bits per heavy atom. The van der Waals surface area contributed by atoms with Crippen LogP contribution in [0, 0.1) is 13.8 Å². The number of benzene rings is 1. The molecule has 0 spiro atoms. The Morgan fingerprint density at radius 2 is 1.59 bits per heavy atom. The Hall–Kier alpha value is -1.77. The van der Waals surface area contributed by atoms with E-state index in [0.29, 0.717) is 5.69 Å². The third kappa shape index (κ3) is 2.05. The summed E-state index contributed by atoms with van der Waals surface area (Å²) in [6, 6.07) is 4.01. The van der Waals surface area contributed by atoms with E-state index in [-0.39, 0.29) is 5.92 Å². The van der Waals surface area contributed by atoms with Gasteiger partial charge in [0, 0.05) is 0 Å². The van der Waals surface area contributed by atoms with Gasteiger partial charge in [0.25, 0.3) is 0 Å². The van der Waals surface area contributed by atoms with Crippen LogP contribution in [0.2, 0.25) is 0 Å². The van der Waals surface area contributed by atoms with E-state index < -0.39 is 0 Å². The highest BCUT2D eigenvalue weighted by Crippen LogP contribution is 2.21. The van der Waals surface area contributed by atoms with Gasteiger partial charge in [0.15, 0.2) is 6.29 Å². The molecule has 0 aliphatic carbocycles. The fraction of sp³-hybridized carbons (Fsp3) is 0.357. The lowest BCUT2D eigenvalue weighted by Crippen LogP contribution is -2.03. The second kappa shape index (κ2) is 4.24. The summed E-state index contributed by atoms with van der Waals surface area (Å²) >= 11 is 0. The summed E-state index contributed by atoms with van der Waals surface area (Å²) < 4.78 is 0. The number of nitrogens with zero attached hydrogens (tertiary/aromatic N) is 2. The summed E-state index contributed by atoms with van der Waals surface area (Å²) in [6.07, 6.45) is 0.789. The lowest BCUT2D eigenvalue weighted by Gasteiger charge is -2.10. The summed E-state index contributed by atoms with van der Waals surface area (Å²) in [7, 11) is 0. The third-order valence-corrected chi connectivity index (χ3v) is 2.99. The summed E-state index contributed by atoms with van der Waals surface area (Å²) in [5, 5.41) is 0. The Kier molecular flexibility index (Phi) is 2.92. The average Bonchev–Trinajstić information content (AvgIpc) is 2.29. The molecule has 2 aromatic rings. The van der Waals surface area contributed by atoms with Gasteiger partial charge in [0.2, 0.25) is 0 Å². The summed E-state index contributed by atoms with van der Waals surface area (Å²) in [5.41, 5.74) is 5.25. The van der Waals surface area contributed by atoms with Crippen molar-refractivity contribution in [2.24, 2.45) is 0 Å². The van der Waals surface area contributed by atoms with Crippen LogP contribution in [0.15, 0.2) is 12.1 Å². The van der Waals surface area contributed by atoms with E-state index in [1.54, 1.807) is 0 Å². The van der Waals surface area contributed by atoms with Gasteiger partial charge in [-0.05, 0) is 43.0 Å². The minimum absolute atomic E-state index is 0.203. The molecule has 0 fully saturated rings. The zero-order chi connectivity index (χ0) is 12.6. The number of hydrogen-bond donors (Lipinski definition) is 0. The van der Waals surface area contributed by atoms with E-state index in [1.165, 1.54) is 11.1 Å². The van der Waals surface area contributed by atoms with Crippen LogP contribution >= 0.6 is 0 Å². The fourth-order valence-corrected chi connectivity index (χ4v) is 1.85. The molecule has 1 aromatic carbocycles. The highest BCUT2D eigenvalue weighted by Gasteiger charge is 2.12. The van der Waals surface area contributed by atoms with Crippen LogP contribution in [0.3, 0.4) is 0 Å². The average molecular weight is 228 g/mol. The molecule has 0 bridgehead atoms. The van der Waals surface area contributed by atoms with Crippen molar-refractivity contribution in [2.45, 2.75) is 33.6 Å². The molecule has 0 aliphatic heterocycles. The first-order chi connectivity index (χ1) is 8.02. The maximum Gasteiger partial charge on any atom is 0.170 e. The summed E-state index contributed by atoms with van der Waals surface area (Å²) in [6.45, 7) is 8.13. The Morgan fingerprint density at radius 1 is 1.06 bits per heavy atom. The number of hydrogen-bond acceptors (Lipinski definition) is 3. The standard InChI is InChI=1S/C14H16N2O/c1-8(2)14-13(7-17)15-11-5-9(3)10(4)6-12(11)16-14/h5-8H,1-4H3. The van der Waals surface area contributed by atoms with E-state index in [2.05, 4.69) is 16.9 Å². The number of fused-ring (bicyclic) bond motifs is 1. The number of carbonyl (C=O) groups is 1. The molecule has 1 heterocycles. The van der Waals surface area contributed by atoms with E-state index >= 15 is 0 Å². The van der Waals surface area contributed by atoms with Crippen LogP contribution in [-0.4, -0.2) is 16.3 Å². The molecule has 0 amide bonds. The summed E-state index contributed by atoms with van der Waals surface area (Å²) in [4.78, 5) is 20.0. The number of aldehydes is 1. The van der Waals surface area contributed by atoms with E-state index in [4.69, 9.17) is 0 Å². The van der Waals surface area contributed by atoms with E-state index in [0.717, 1.165) is 23.0 Å². The van der Waals surface area contributed by atoms with Gasteiger partial charge in [-0.1, -0.05) is 13.8 Å². The zero-order valence-corrected chi connectivity index (χ0v) is 10.6. The quantitative estimate of drug-likeness (QED) is 0.741. The van der Waals surface area contributed by atoms with Gasteiger partial charge >= 0.3 is 0 Å². The van der Waals surface area contributed by atoms with Gasteiger partial charge in [0.1, 0.15) is 5.69 Å². The normalized spacial score (nSPS) is 11.1. The number of aromatic nitrogens is 2. The molecule has 2 rings (SSSR count). The molecule has 0 saturated heterocycles. The molecule has 0 saturated carbocycles. The van der Waals surface area contributed by atoms with Crippen molar-refractivity contribution in [2.75, 3.05) is 0 Å². The predicted octanol–water partition coefficient (Wildman–Crippen LogP) is 3.18. The zero-order valence-electron chi connectivity index (χ0n) is 10.6. The van der Waals surface area contributed by atoms with Gasteiger partial charge < -0.3 is 0 Å². The SMILES string of the molecule is Cc1cc2nc(C=O)c(C(C)C)nc2cc1C. The first kappa shape index (κ1) is 11.7. The predicted molar refractivity (Wildman–Crippen MR) is 68.5 cm³/mol. The number of aryl methyl sites for hydroxylation is 2. The molecule has 0 N–H and O–H groups in total. The van der Waals surface area contributed by atoms with Crippen molar-refractivity contribution in [3.63, 3.8) is 0 Å². The second-order valence-electron chi connectivity index (χ2n) is 4.69. The Bertz CT molecular complexity index is 588. The molecular weight excluding hydrogens is 212 g/mol. The van der Waals surface area contributed by atoms with Crippen LogP contribution < -0.4 is 0 Å². The summed E-state index contributed by atoms with van der Waals surface area (Å²) in [5.74, 6) is 0.203. The molecule has 3 nitrogen and oxygen atoms in total. The van der Waals surface area contributed by atoms with Crippen molar-refractivity contribution in [3.8, 4) is 0 Å². The van der Waals surface area contributed by atoms with Crippen molar-refractivity contribution >= 4 is 17.3 Å². The first-order valence-electron chi connectivity index (χ1n) is 5.77. The maximum atomic E-state index is 11.0. The smallest absolute Gasteiger partial charge is 0.170 e. The van der Waals surface area contributed by atoms with Gasteiger partial charge in [-0.25, -0.2) is 9.97 Å². The van der Waals surface area contributed by atoms with E-state index in [9.17, 15) is 4.79 Å². The largest absolute Gasteiger partial charge is 0.296 e. The molecule has 0 atom stereocenters. The molecule has 1 aromatic heterocycles. The van der Waals surface area contributed by atoms with Crippen molar-refractivity contribution in [3.05, 3.63) is 34.6 Å². The fourth-order valence-electron chi connectivity index (χ4n) is 1.85. The van der Waals surface area contributed by atoms with Crippen LogP contribution in [0.25, 0.3) is 11.0 Å². The van der Waals surface area contributed by atoms with Gasteiger partial charge in [0.05, 0.1) is 16.7 Å². The van der Waals surface area contributed by atoms with Crippen molar-refractivity contribution < 1.29 is 4.79 Å². The second-order valence-corrected chi connectivity index (χ2v) is 4.69. The Labute approximate surface area is 101 Å². The van der Waals surface area contributed by atoms with Crippen molar-refractivity contribution in [1.29, 1.82) is 0 Å². The lowest BCUT2D eigenvalue weighted by atomic mass is 10.1. The van der Waals surface area contributed by atoms with Crippen LogP contribution in [-0.2, 0) is 0 Å². The van der Waals surface area contributed by atoms with Gasteiger partial charge in [-0.15, -0.1) is 0 Å². The lowest BCUT2D eigenvalue weighted by molar-refractivity contribution is 0.111. The topological polar surface area (TPSA) is 42.9 Å².